The Morgan fingerprint density at radius 1 is 1.21 bits per heavy atom. The van der Waals surface area contributed by atoms with Crippen molar-refractivity contribution < 1.29 is 9.84 Å². The first-order chi connectivity index (χ1) is 9.29. The second kappa shape index (κ2) is 7.28. The van der Waals surface area contributed by atoms with Crippen molar-refractivity contribution in [3.8, 4) is 0 Å². The van der Waals surface area contributed by atoms with E-state index in [1.165, 1.54) is 0 Å². The molecule has 0 saturated carbocycles. The number of rotatable bonds is 6. The summed E-state index contributed by atoms with van der Waals surface area (Å²) in [4.78, 5) is 8.98. The summed E-state index contributed by atoms with van der Waals surface area (Å²) in [6.45, 7) is 6.08. The number of aliphatic hydroxyl groups is 1. The standard InChI is InChI=1S/C13H22N4O2/c14-12-1-2-13(15-11-12)17-5-3-16(4-6-17)7-9-19-10-8-18/h1-2,11,18H,3-10,14H2. The molecular weight excluding hydrogens is 244 g/mol. The Hall–Kier alpha value is -1.37. The Labute approximate surface area is 113 Å². The Morgan fingerprint density at radius 3 is 2.63 bits per heavy atom. The van der Waals surface area contributed by atoms with Crippen molar-refractivity contribution >= 4 is 11.5 Å². The maximum absolute atomic E-state index is 8.62. The first kappa shape index (κ1) is 14.0. The second-order valence-electron chi connectivity index (χ2n) is 4.61. The Kier molecular flexibility index (Phi) is 5.38. The highest BCUT2D eigenvalue weighted by Crippen LogP contribution is 2.14. The first-order valence-corrected chi connectivity index (χ1v) is 6.67. The number of pyridine rings is 1. The van der Waals surface area contributed by atoms with Gasteiger partial charge < -0.3 is 20.5 Å². The lowest BCUT2D eigenvalue weighted by atomic mass is 10.3. The van der Waals surface area contributed by atoms with Crippen LogP contribution in [0.25, 0.3) is 0 Å². The quantitative estimate of drug-likeness (QED) is 0.694. The van der Waals surface area contributed by atoms with Crippen molar-refractivity contribution in [3.63, 3.8) is 0 Å². The number of aliphatic hydroxyl groups excluding tert-OH is 1. The van der Waals surface area contributed by atoms with Crippen LogP contribution in [0.3, 0.4) is 0 Å². The summed E-state index contributed by atoms with van der Waals surface area (Å²) in [6, 6.07) is 3.85. The zero-order valence-electron chi connectivity index (χ0n) is 11.2. The monoisotopic (exact) mass is 266 g/mol. The summed E-state index contributed by atoms with van der Waals surface area (Å²) in [5.74, 6) is 0.991. The average molecular weight is 266 g/mol. The third kappa shape index (κ3) is 4.34. The lowest BCUT2D eigenvalue weighted by Gasteiger charge is -2.35. The highest BCUT2D eigenvalue weighted by molar-refractivity contribution is 5.46. The number of hydrogen-bond acceptors (Lipinski definition) is 6. The molecule has 6 heteroatoms. The van der Waals surface area contributed by atoms with Gasteiger partial charge in [0.2, 0.25) is 0 Å². The highest BCUT2D eigenvalue weighted by Gasteiger charge is 2.17. The molecule has 0 spiro atoms. The van der Waals surface area contributed by atoms with Gasteiger partial charge in [-0.2, -0.15) is 0 Å². The molecular formula is C13H22N4O2. The van der Waals surface area contributed by atoms with Gasteiger partial charge in [0.25, 0.3) is 0 Å². The molecule has 19 heavy (non-hydrogen) atoms. The van der Waals surface area contributed by atoms with Crippen molar-refractivity contribution in [2.75, 3.05) is 63.2 Å². The van der Waals surface area contributed by atoms with Gasteiger partial charge in [0.15, 0.2) is 0 Å². The van der Waals surface area contributed by atoms with Crippen LogP contribution in [0, 0.1) is 0 Å². The molecule has 0 radical (unpaired) electrons. The van der Waals surface area contributed by atoms with Crippen molar-refractivity contribution in [2.24, 2.45) is 0 Å². The van der Waals surface area contributed by atoms with Gasteiger partial charge in [0.05, 0.1) is 31.7 Å². The topological polar surface area (TPSA) is 74.9 Å². The molecule has 1 aliphatic heterocycles. The maximum atomic E-state index is 8.62. The average Bonchev–Trinajstić information content (AvgIpc) is 2.45. The summed E-state index contributed by atoms with van der Waals surface area (Å²) in [5, 5.41) is 8.62. The SMILES string of the molecule is Nc1ccc(N2CCN(CCOCCO)CC2)nc1. The lowest BCUT2D eigenvalue weighted by molar-refractivity contribution is 0.0724. The summed E-state index contributed by atoms with van der Waals surface area (Å²) < 4.78 is 5.28. The summed E-state index contributed by atoms with van der Waals surface area (Å²) in [7, 11) is 0. The molecule has 2 heterocycles. The molecule has 0 bridgehead atoms. The Balaban J connectivity index is 1.71. The van der Waals surface area contributed by atoms with E-state index in [4.69, 9.17) is 15.6 Å². The van der Waals surface area contributed by atoms with Crippen LogP contribution in [0.2, 0.25) is 0 Å². The van der Waals surface area contributed by atoms with Gasteiger partial charge in [-0.05, 0) is 12.1 Å². The molecule has 106 valence electrons. The van der Waals surface area contributed by atoms with Crippen LogP contribution in [0.15, 0.2) is 18.3 Å². The van der Waals surface area contributed by atoms with E-state index in [1.807, 2.05) is 12.1 Å². The number of nitrogens with zero attached hydrogens (tertiary/aromatic N) is 3. The fraction of sp³-hybridized carbons (Fsp3) is 0.615. The smallest absolute Gasteiger partial charge is 0.128 e. The molecule has 0 unspecified atom stereocenters. The molecule has 1 aromatic heterocycles. The van der Waals surface area contributed by atoms with Crippen LogP contribution in [-0.4, -0.2) is 67.5 Å². The molecule has 1 aliphatic rings. The zero-order valence-corrected chi connectivity index (χ0v) is 11.2. The van der Waals surface area contributed by atoms with Crippen LogP contribution >= 0.6 is 0 Å². The van der Waals surface area contributed by atoms with Gasteiger partial charge in [-0.3, -0.25) is 4.90 Å². The lowest BCUT2D eigenvalue weighted by Crippen LogP contribution is -2.47. The largest absolute Gasteiger partial charge is 0.397 e. The Bertz CT molecular complexity index is 363. The van der Waals surface area contributed by atoms with Gasteiger partial charge in [-0.1, -0.05) is 0 Å². The molecule has 0 aromatic carbocycles. The fourth-order valence-electron chi connectivity index (χ4n) is 2.15. The van der Waals surface area contributed by atoms with Gasteiger partial charge in [-0.15, -0.1) is 0 Å². The number of nitrogen functional groups attached to an aromatic ring is 1. The van der Waals surface area contributed by atoms with Crippen LogP contribution < -0.4 is 10.6 Å². The van der Waals surface area contributed by atoms with E-state index >= 15 is 0 Å². The number of nitrogens with two attached hydrogens (primary N) is 1. The minimum atomic E-state index is 0.0938. The molecule has 2 rings (SSSR count). The van der Waals surface area contributed by atoms with E-state index in [0.717, 1.165) is 38.5 Å². The van der Waals surface area contributed by atoms with Gasteiger partial charge in [0, 0.05) is 32.7 Å². The minimum Gasteiger partial charge on any atom is -0.397 e. The predicted octanol–water partition coefficient (Wildman–Crippen LogP) is -0.205. The third-order valence-corrected chi connectivity index (χ3v) is 3.25. The Morgan fingerprint density at radius 2 is 2.00 bits per heavy atom. The van der Waals surface area contributed by atoms with Crippen molar-refractivity contribution in [1.82, 2.24) is 9.88 Å². The van der Waals surface area contributed by atoms with Crippen molar-refractivity contribution in [2.45, 2.75) is 0 Å². The highest BCUT2D eigenvalue weighted by atomic mass is 16.5. The van der Waals surface area contributed by atoms with E-state index in [9.17, 15) is 0 Å². The van der Waals surface area contributed by atoms with E-state index in [1.54, 1.807) is 6.20 Å². The van der Waals surface area contributed by atoms with Crippen molar-refractivity contribution in [3.05, 3.63) is 18.3 Å². The number of aromatic nitrogens is 1. The van der Waals surface area contributed by atoms with Crippen LogP contribution in [0.4, 0.5) is 11.5 Å². The molecule has 6 nitrogen and oxygen atoms in total. The van der Waals surface area contributed by atoms with E-state index < -0.39 is 0 Å². The predicted molar refractivity (Wildman–Crippen MR) is 75.2 cm³/mol. The van der Waals surface area contributed by atoms with Gasteiger partial charge in [0.1, 0.15) is 5.82 Å². The zero-order chi connectivity index (χ0) is 13.5. The van der Waals surface area contributed by atoms with Gasteiger partial charge >= 0.3 is 0 Å². The molecule has 1 saturated heterocycles. The fourth-order valence-corrected chi connectivity index (χ4v) is 2.15. The minimum absolute atomic E-state index is 0.0938. The van der Waals surface area contributed by atoms with Gasteiger partial charge in [-0.25, -0.2) is 4.98 Å². The van der Waals surface area contributed by atoms with E-state index in [-0.39, 0.29) is 6.61 Å². The number of anilines is 2. The van der Waals surface area contributed by atoms with E-state index in [0.29, 0.717) is 18.9 Å². The summed E-state index contributed by atoms with van der Waals surface area (Å²) >= 11 is 0. The molecule has 1 aromatic rings. The second-order valence-corrected chi connectivity index (χ2v) is 4.61. The molecule has 1 fully saturated rings. The molecule has 0 amide bonds. The first-order valence-electron chi connectivity index (χ1n) is 6.67. The van der Waals surface area contributed by atoms with Crippen LogP contribution in [-0.2, 0) is 4.74 Å². The maximum Gasteiger partial charge on any atom is 0.128 e. The number of piperazine rings is 1. The number of hydrogen-bond donors (Lipinski definition) is 2. The molecule has 3 N–H and O–H groups in total. The molecule has 0 aliphatic carbocycles. The summed E-state index contributed by atoms with van der Waals surface area (Å²) in [5.41, 5.74) is 6.33. The van der Waals surface area contributed by atoms with Crippen LogP contribution in [0.5, 0.6) is 0 Å². The normalized spacial score (nSPS) is 16.8. The third-order valence-electron chi connectivity index (χ3n) is 3.25. The van der Waals surface area contributed by atoms with E-state index in [2.05, 4.69) is 14.8 Å². The molecule has 0 atom stereocenters. The van der Waals surface area contributed by atoms with Crippen LogP contribution in [0.1, 0.15) is 0 Å². The summed E-state index contributed by atoms with van der Waals surface area (Å²) in [6.07, 6.45) is 1.70. The van der Waals surface area contributed by atoms with Crippen molar-refractivity contribution in [1.29, 1.82) is 0 Å². The number of ether oxygens (including phenoxy) is 1.